The third-order valence-electron chi connectivity index (χ3n) is 5.10. The van der Waals surface area contributed by atoms with Crippen molar-refractivity contribution in [3.05, 3.63) is 35.1 Å². The van der Waals surface area contributed by atoms with Crippen molar-refractivity contribution in [2.45, 2.75) is 39.2 Å². The lowest BCUT2D eigenvalue weighted by Crippen LogP contribution is -2.55. The van der Waals surface area contributed by atoms with Gasteiger partial charge in [-0.15, -0.1) is 0 Å². The summed E-state index contributed by atoms with van der Waals surface area (Å²) in [5, 5.41) is 2.78. The van der Waals surface area contributed by atoms with Crippen LogP contribution in [0.2, 0.25) is 5.15 Å². The van der Waals surface area contributed by atoms with Crippen molar-refractivity contribution in [2.75, 3.05) is 17.2 Å². The van der Waals surface area contributed by atoms with E-state index in [9.17, 15) is 8.42 Å². The normalized spacial score (nSPS) is 20.8. The molecule has 1 fully saturated rings. The van der Waals surface area contributed by atoms with Gasteiger partial charge in [0.05, 0.1) is 0 Å². The highest BCUT2D eigenvalue weighted by Gasteiger charge is 2.36. The highest BCUT2D eigenvalue weighted by molar-refractivity contribution is 7.72. The molecule has 6 heteroatoms. The van der Waals surface area contributed by atoms with Gasteiger partial charge >= 0.3 is 0 Å². The van der Waals surface area contributed by atoms with Crippen LogP contribution in [-0.2, 0) is 10.7 Å². The first kappa shape index (κ1) is 17.5. The Hall–Kier alpha value is -1.33. The number of fused-ring (bicyclic) bond motifs is 1. The predicted molar refractivity (Wildman–Crippen MR) is 101 cm³/mol. The molecule has 1 aromatic heterocycles. The summed E-state index contributed by atoms with van der Waals surface area (Å²) in [5.74, 6) is 1.12. The third-order valence-corrected chi connectivity index (χ3v) is 5.93. The van der Waals surface area contributed by atoms with Gasteiger partial charge in [-0.25, -0.2) is 13.4 Å². The molecule has 2 heterocycles. The maximum atomic E-state index is 10.8. The molecule has 1 aromatic carbocycles. The van der Waals surface area contributed by atoms with E-state index < -0.39 is 10.7 Å². The van der Waals surface area contributed by atoms with Gasteiger partial charge in [-0.1, -0.05) is 31.5 Å². The second kappa shape index (κ2) is 6.89. The molecule has 4 nitrogen and oxygen atoms in total. The molecule has 3 rings (SSSR count). The van der Waals surface area contributed by atoms with E-state index in [1.54, 1.807) is 0 Å². The lowest BCUT2D eigenvalue weighted by Gasteiger charge is -2.48. The number of pyridine rings is 1. The fourth-order valence-corrected chi connectivity index (χ4v) is 4.28. The highest BCUT2D eigenvalue weighted by Crippen LogP contribution is 2.39. The molecule has 1 aliphatic rings. The van der Waals surface area contributed by atoms with E-state index in [0.717, 1.165) is 29.4 Å². The second-order valence-electron chi connectivity index (χ2n) is 6.88. The van der Waals surface area contributed by atoms with Gasteiger partial charge in [0.1, 0.15) is 15.9 Å². The average Bonchev–Trinajstić information content (AvgIpc) is 2.52. The molecule has 0 bridgehead atoms. The van der Waals surface area contributed by atoms with Crippen LogP contribution >= 0.6 is 11.6 Å². The Morgan fingerprint density at radius 1 is 1.33 bits per heavy atom. The number of hydrogen-bond donors (Lipinski definition) is 1. The van der Waals surface area contributed by atoms with Gasteiger partial charge in [-0.3, -0.25) is 0 Å². The van der Waals surface area contributed by atoms with Crippen LogP contribution in [0.5, 0.6) is 0 Å². The van der Waals surface area contributed by atoms with Crippen LogP contribution in [0, 0.1) is 5.92 Å². The van der Waals surface area contributed by atoms with Crippen molar-refractivity contribution in [2.24, 2.45) is 5.92 Å². The van der Waals surface area contributed by atoms with Gasteiger partial charge in [0.15, 0.2) is 0 Å². The third kappa shape index (κ3) is 3.24. The van der Waals surface area contributed by atoms with E-state index in [2.05, 4.69) is 42.8 Å². The number of thiol groups is 1. The minimum Gasteiger partial charge on any atom is -0.368 e. The fourth-order valence-electron chi connectivity index (χ4n) is 3.58. The number of anilines is 1. The summed E-state index contributed by atoms with van der Waals surface area (Å²) in [6.07, 6.45) is 2.59. The molecule has 130 valence electrons. The average molecular weight is 367 g/mol. The number of halogens is 1. The van der Waals surface area contributed by atoms with E-state index in [-0.39, 0.29) is 5.75 Å². The Balaban J connectivity index is 1.93. The SMILES string of the molecule is CC(C)c1ccc(N2C[C@H](CC[SH](=O)=O)[C@H]2C)c2cnc(Cl)cc12. The molecule has 2 atom stereocenters. The Kier molecular flexibility index (Phi) is 5.02. The summed E-state index contributed by atoms with van der Waals surface area (Å²) in [6, 6.07) is 6.62. The number of aromatic nitrogens is 1. The van der Waals surface area contributed by atoms with E-state index in [1.807, 2.05) is 12.3 Å². The Morgan fingerprint density at radius 2 is 2.08 bits per heavy atom. The summed E-state index contributed by atoms with van der Waals surface area (Å²) >= 11 is 6.12. The first-order valence-electron chi connectivity index (χ1n) is 8.35. The molecule has 0 amide bonds. The van der Waals surface area contributed by atoms with Crippen LogP contribution < -0.4 is 4.90 Å². The number of hydrogen-bond acceptors (Lipinski definition) is 4. The summed E-state index contributed by atoms with van der Waals surface area (Å²) in [5.41, 5.74) is 2.43. The molecule has 0 radical (unpaired) electrons. The van der Waals surface area contributed by atoms with E-state index in [0.29, 0.717) is 23.0 Å². The van der Waals surface area contributed by atoms with Crippen LogP contribution in [0.1, 0.15) is 38.7 Å². The minimum atomic E-state index is -2.28. The first-order valence-corrected chi connectivity index (χ1v) is 10.1. The van der Waals surface area contributed by atoms with Crippen LogP contribution in [0.3, 0.4) is 0 Å². The maximum Gasteiger partial charge on any atom is 0.140 e. The predicted octanol–water partition coefficient (Wildman–Crippen LogP) is 3.84. The number of benzene rings is 1. The van der Waals surface area contributed by atoms with Crippen LogP contribution in [0.25, 0.3) is 10.8 Å². The molecule has 1 saturated heterocycles. The number of nitrogens with zero attached hydrogens (tertiary/aromatic N) is 2. The van der Waals surface area contributed by atoms with Gasteiger partial charge in [-0.2, -0.15) is 0 Å². The highest BCUT2D eigenvalue weighted by atomic mass is 35.5. The van der Waals surface area contributed by atoms with Gasteiger partial charge in [0, 0.05) is 35.6 Å². The zero-order valence-corrected chi connectivity index (χ0v) is 15.8. The van der Waals surface area contributed by atoms with Gasteiger partial charge in [0.25, 0.3) is 0 Å². The Labute approximate surface area is 149 Å². The molecular weight excluding hydrogens is 344 g/mol. The standard InChI is InChI=1S/C18H23ClN2O2S/c1-11(2)14-4-5-17(16-9-20-18(19)8-15(14)16)21-10-13(12(21)3)6-7-24(22)23/h4-5,8-9,11-13,24H,6-7,10H2,1-3H3/t12-,13+/m1/s1. The lowest BCUT2D eigenvalue weighted by atomic mass is 9.86. The minimum absolute atomic E-state index is 0.280. The molecule has 0 N–H and O–H groups in total. The van der Waals surface area contributed by atoms with Crippen molar-refractivity contribution in [1.82, 2.24) is 4.98 Å². The maximum absolute atomic E-state index is 10.8. The molecule has 2 aromatic rings. The van der Waals surface area contributed by atoms with Crippen molar-refractivity contribution in [3.63, 3.8) is 0 Å². The van der Waals surface area contributed by atoms with Crippen LogP contribution in [-0.4, -0.2) is 31.7 Å². The molecule has 0 spiro atoms. The summed E-state index contributed by atoms with van der Waals surface area (Å²) in [7, 11) is -2.28. The topological polar surface area (TPSA) is 50.3 Å². The van der Waals surface area contributed by atoms with Crippen molar-refractivity contribution in [3.8, 4) is 0 Å². The summed E-state index contributed by atoms with van der Waals surface area (Å²) < 4.78 is 21.6. The van der Waals surface area contributed by atoms with E-state index in [4.69, 9.17) is 11.6 Å². The van der Waals surface area contributed by atoms with Crippen molar-refractivity contribution < 1.29 is 8.42 Å². The lowest BCUT2D eigenvalue weighted by molar-refractivity contribution is 0.305. The quantitative estimate of drug-likeness (QED) is 0.645. The summed E-state index contributed by atoms with van der Waals surface area (Å²) in [4.78, 5) is 6.61. The molecule has 1 aliphatic heterocycles. The zero-order valence-electron chi connectivity index (χ0n) is 14.2. The van der Waals surface area contributed by atoms with E-state index in [1.165, 1.54) is 5.56 Å². The fraction of sp³-hybridized carbons (Fsp3) is 0.500. The molecule has 0 unspecified atom stereocenters. The Bertz CT molecular complexity index is 827. The van der Waals surface area contributed by atoms with Gasteiger partial charge < -0.3 is 4.90 Å². The first-order chi connectivity index (χ1) is 11.4. The van der Waals surface area contributed by atoms with Crippen molar-refractivity contribution in [1.29, 1.82) is 0 Å². The molecule has 0 saturated carbocycles. The molecular formula is C18H23ClN2O2S. The van der Waals surface area contributed by atoms with Gasteiger partial charge in [-0.05, 0) is 48.3 Å². The largest absolute Gasteiger partial charge is 0.368 e. The molecule has 0 aliphatic carbocycles. The van der Waals surface area contributed by atoms with Crippen LogP contribution in [0.4, 0.5) is 5.69 Å². The summed E-state index contributed by atoms with van der Waals surface area (Å²) in [6.45, 7) is 7.41. The second-order valence-corrected chi connectivity index (χ2v) is 8.38. The number of rotatable bonds is 5. The van der Waals surface area contributed by atoms with Crippen molar-refractivity contribution >= 4 is 38.8 Å². The van der Waals surface area contributed by atoms with E-state index >= 15 is 0 Å². The monoisotopic (exact) mass is 366 g/mol. The Morgan fingerprint density at radius 3 is 2.71 bits per heavy atom. The zero-order chi connectivity index (χ0) is 17.4. The van der Waals surface area contributed by atoms with Crippen LogP contribution in [0.15, 0.2) is 24.4 Å². The molecule has 24 heavy (non-hydrogen) atoms. The van der Waals surface area contributed by atoms with Gasteiger partial charge in [0.2, 0.25) is 0 Å². The smallest absolute Gasteiger partial charge is 0.140 e.